The molecule has 0 aliphatic carbocycles. The SMILES string of the molecule is CCCCn1nc2c(N)nc3ccccc3c2c1Cc1ccc(CNC(=O)OCc2ccc(NC(=O)[C@H](CCCNC(N)=O)NC(=O)[C@@H](NC(=O)CCOCCOCCOCCOCCNC(=O)CCC(=O)N3Cc4ccccc4C(C)=Cc4ccccc43)C(C)C)cc2)cc1. The van der Waals surface area contributed by atoms with Crippen molar-refractivity contribution < 1.29 is 57.2 Å². The highest BCUT2D eigenvalue weighted by atomic mass is 16.6. The minimum Gasteiger partial charge on any atom is -0.445 e. The van der Waals surface area contributed by atoms with E-state index in [0.717, 1.165) is 80.4 Å². The minimum atomic E-state index is -1.06. The van der Waals surface area contributed by atoms with Crippen molar-refractivity contribution in [2.75, 3.05) is 81.9 Å². The van der Waals surface area contributed by atoms with E-state index < -0.39 is 41.9 Å². The van der Waals surface area contributed by atoms with Gasteiger partial charge in [0, 0.05) is 68.3 Å². The van der Waals surface area contributed by atoms with Crippen LogP contribution in [0, 0.1) is 5.92 Å². The molecule has 5 aromatic carbocycles. The van der Waals surface area contributed by atoms with Crippen LogP contribution < -0.4 is 48.3 Å². The van der Waals surface area contributed by atoms with Crippen molar-refractivity contribution in [1.29, 1.82) is 0 Å². The lowest BCUT2D eigenvalue weighted by atomic mass is 9.95. The van der Waals surface area contributed by atoms with E-state index >= 15 is 0 Å². The standard InChI is InChI=1S/C72H90N12O12/c1-5-6-34-84-61(65-57-17-10-11-18-58(57)79-68(73)67(65)82-84)44-50-21-23-51(24-22-50)45-77-72(91)96-47-52-25-27-55(28-26-52)78-69(88)59(19-13-32-76-71(74)90)80-70(89)66(48(2)3)81-63(86)31-35-92-37-39-94-41-42-95-40-38-93-36-33-75-62(85)29-30-64(87)83-46-54-15-7-9-16-56(54)49(4)43-53-14-8-12-20-60(53)83/h7-12,14-18,20-28,43,48,59,66H,5-6,13,19,29-42,44-47H2,1-4H3,(H2,73,79)(H,75,85)(H,77,91)(H,78,88)(H,80,89)(H,81,86)(H3,74,76,90)/t59-,66-/m0/s1. The number of primary amides is 1. The maximum Gasteiger partial charge on any atom is 0.407 e. The van der Waals surface area contributed by atoms with E-state index in [4.69, 9.17) is 40.3 Å². The van der Waals surface area contributed by atoms with Crippen LogP contribution >= 0.6 is 0 Å². The molecule has 8 amide bonds. The summed E-state index contributed by atoms with van der Waals surface area (Å²) in [5.74, 6) is -1.83. The Balaban J connectivity index is 0.671. The van der Waals surface area contributed by atoms with Crippen LogP contribution in [0.1, 0.15) is 112 Å². The number of unbranched alkanes of at least 4 members (excludes halogenated alkanes) is 1. The van der Waals surface area contributed by atoms with Gasteiger partial charge in [0.15, 0.2) is 5.82 Å². The number of benzene rings is 5. The molecule has 510 valence electrons. The number of aryl methyl sites for hydroxylation is 1. The zero-order valence-corrected chi connectivity index (χ0v) is 55.3. The third-order valence-electron chi connectivity index (χ3n) is 16.1. The molecule has 0 unspecified atom stereocenters. The molecule has 0 radical (unpaired) electrons. The first-order chi connectivity index (χ1) is 46.5. The Morgan fingerprint density at radius 1 is 0.656 bits per heavy atom. The normalized spacial score (nSPS) is 12.6. The largest absolute Gasteiger partial charge is 0.445 e. The fourth-order valence-corrected chi connectivity index (χ4v) is 11.0. The van der Waals surface area contributed by atoms with Gasteiger partial charge in [0.05, 0.1) is 76.3 Å². The highest BCUT2D eigenvalue weighted by Crippen LogP contribution is 2.34. The number of nitrogen functional groups attached to an aromatic ring is 1. The Morgan fingerprint density at radius 3 is 2.05 bits per heavy atom. The van der Waals surface area contributed by atoms with E-state index in [1.165, 1.54) is 0 Å². The number of hydrogen-bond acceptors (Lipinski definition) is 15. The first kappa shape index (κ1) is 72.1. The Morgan fingerprint density at radius 2 is 1.32 bits per heavy atom. The van der Waals surface area contributed by atoms with Gasteiger partial charge >= 0.3 is 12.1 Å². The number of nitrogens with two attached hydrogens (primary N) is 2. The van der Waals surface area contributed by atoms with Crippen molar-refractivity contribution in [2.24, 2.45) is 11.7 Å². The number of carbonyl (C=O) groups excluding carboxylic acids is 7. The number of nitrogens with one attached hydrogen (secondary N) is 6. The number of ether oxygens (including phenoxy) is 5. The van der Waals surface area contributed by atoms with Crippen molar-refractivity contribution in [3.63, 3.8) is 0 Å². The summed E-state index contributed by atoms with van der Waals surface area (Å²) in [6, 6.07) is 35.7. The topological polar surface area (TPSA) is 324 Å². The van der Waals surface area contributed by atoms with Crippen molar-refractivity contribution in [3.05, 3.63) is 160 Å². The smallest absolute Gasteiger partial charge is 0.407 e. The van der Waals surface area contributed by atoms with Crippen LogP contribution in [0.15, 0.2) is 121 Å². The van der Waals surface area contributed by atoms with Gasteiger partial charge in [-0.15, -0.1) is 0 Å². The Bertz CT molecular complexity index is 3780. The molecule has 1 aliphatic heterocycles. The average molecular weight is 1320 g/mol. The summed E-state index contributed by atoms with van der Waals surface area (Å²) in [4.78, 5) is 97.3. The number of alkyl carbamates (subject to hydrolysis) is 1. The Kier molecular flexibility index (Phi) is 28.1. The molecule has 7 aromatic rings. The molecule has 8 rings (SSSR count). The van der Waals surface area contributed by atoms with Gasteiger partial charge in [-0.1, -0.05) is 124 Å². The van der Waals surface area contributed by atoms with Gasteiger partial charge in [0.1, 0.15) is 24.2 Å². The third-order valence-corrected chi connectivity index (χ3v) is 16.1. The van der Waals surface area contributed by atoms with Crippen molar-refractivity contribution in [3.8, 4) is 0 Å². The van der Waals surface area contributed by atoms with Crippen molar-refractivity contribution in [1.82, 2.24) is 41.3 Å². The van der Waals surface area contributed by atoms with Crippen LogP contribution in [-0.4, -0.2) is 134 Å². The second kappa shape index (κ2) is 37.4. The molecule has 96 heavy (non-hydrogen) atoms. The fraction of sp³-hybridized carbons (Fsp3) is 0.403. The van der Waals surface area contributed by atoms with Crippen LogP contribution in [0.3, 0.4) is 0 Å². The van der Waals surface area contributed by atoms with Gasteiger partial charge in [-0.2, -0.15) is 5.10 Å². The maximum absolute atomic E-state index is 13.7. The molecular formula is C72H90N12O12. The van der Waals surface area contributed by atoms with Crippen LogP contribution in [-0.2, 0) is 80.3 Å². The minimum absolute atomic E-state index is 0.0329. The van der Waals surface area contributed by atoms with Crippen molar-refractivity contribution in [2.45, 2.75) is 117 Å². The predicted molar refractivity (Wildman–Crippen MR) is 369 cm³/mol. The number of fused-ring (bicyclic) bond motifs is 5. The molecule has 0 saturated heterocycles. The van der Waals surface area contributed by atoms with E-state index in [1.54, 1.807) is 43.0 Å². The van der Waals surface area contributed by atoms with Gasteiger partial charge < -0.3 is 72.0 Å². The number of nitrogens with zero attached hydrogens (tertiary/aromatic N) is 4. The molecule has 0 fully saturated rings. The van der Waals surface area contributed by atoms with Gasteiger partial charge in [-0.25, -0.2) is 14.6 Å². The average Bonchev–Trinajstić information content (AvgIpc) is 1.63. The summed E-state index contributed by atoms with van der Waals surface area (Å²) in [6.07, 6.45) is 4.63. The quantitative estimate of drug-likeness (QED) is 0.0169. The summed E-state index contributed by atoms with van der Waals surface area (Å²) in [5.41, 5.74) is 22.3. The third kappa shape index (κ3) is 21.9. The van der Waals surface area contributed by atoms with Crippen molar-refractivity contribution >= 4 is 92.3 Å². The molecule has 0 saturated carbocycles. The molecular weight excluding hydrogens is 1220 g/mol. The van der Waals surface area contributed by atoms with Gasteiger partial charge in [0.25, 0.3) is 0 Å². The first-order valence-electron chi connectivity index (χ1n) is 32.8. The van der Waals surface area contributed by atoms with E-state index in [2.05, 4.69) is 73.6 Å². The first-order valence-corrected chi connectivity index (χ1v) is 32.8. The highest BCUT2D eigenvalue weighted by Gasteiger charge is 2.30. The molecule has 1 aliphatic rings. The zero-order chi connectivity index (χ0) is 68.2. The van der Waals surface area contributed by atoms with E-state index in [0.29, 0.717) is 74.9 Å². The molecule has 24 nitrogen and oxygen atoms in total. The number of para-hydroxylation sites is 2. The summed E-state index contributed by atoms with van der Waals surface area (Å²) in [6.45, 7) is 11.7. The molecule has 2 atom stereocenters. The second-order valence-electron chi connectivity index (χ2n) is 23.7. The summed E-state index contributed by atoms with van der Waals surface area (Å²) in [5, 5.41) is 23.4. The van der Waals surface area contributed by atoms with Crippen LogP contribution in [0.2, 0.25) is 0 Å². The number of carbonyl (C=O) groups is 7. The fourth-order valence-electron chi connectivity index (χ4n) is 11.0. The van der Waals surface area contributed by atoms with E-state index in [9.17, 15) is 33.6 Å². The number of allylic oxidation sites excluding steroid dienone is 1. The van der Waals surface area contributed by atoms with Crippen LogP contribution in [0.5, 0.6) is 0 Å². The van der Waals surface area contributed by atoms with E-state index in [1.807, 2.05) is 84.9 Å². The molecule has 24 heteroatoms. The lowest BCUT2D eigenvalue weighted by Gasteiger charge is -2.28. The summed E-state index contributed by atoms with van der Waals surface area (Å²) < 4.78 is 29.9. The zero-order valence-electron chi connectivity index (χ0n) is 55.3. The second-order valence-corrected chi connectivity index (χ2v) is 23.7. The number of anilines is 3. The van der Waals surface area contributed by atoms with Gasteiger partial charge in [-0.3, -0.25) is 28.7 Å². The number of amides is 8. The molecule has 0 spiro atoms. The number of aromatic nitrogens is 3. The van der Waals surface area contributed by atoms with Crippen LogP contribution in [0.4, 0.5) is 26.8 Å². The Labute approximate surface area is 559 Å². The summed E-state index contributed by atoms with van der Waals surface area (Å²) >= 11 is 0. The van der Waals surface area contributed by atoms with Gasteiger partial charge in [-0.05, 0) is 101 Å². The Hall–Kier alpha value is -9.75. The predicted octanol–water partition coefficient (Wildman–Crippen LogP) is 8.46. The molecule has 3 heterocycles. The number of rotatable bonds is 37. The van der Waals surface area contributed by atoms with E-state index in [-0.39, 0.29) is 89.5 Å². The number of urea groups is 1. The monoisotopic (exact) mass is 1310 g/mol. The lowest BCUT2D eigenvalue weighted by molar-refractivity contribution is -0.132. The number of pyridine rings is 1. The van der Waals surface area contributed by atoms with Gasteiger partial charge in [0.2, 0.25) is 29.5 Å². The molecule has 10 N–H and O–H groups in total. The summed E-state index contributed by atoms with van der Waals surface area (Å²) in [7, 11) is 0. The van der Waals surface area contributed by atoms with Crippen LogP contribution in [0.25, 0.3) is 33.5 Å². The molecule has 2 aromatic heterocycles. The molecule has 0 bridgehead atoms. The maximum atomic E-state index is 13.7. The lowest BCUT2D eigenvalue weighted by Crippen LogP contribution is -2.54. The highest BCUT2D eigenvalue weighted by molar-refractivity contribution is 6.10. The number of hydrogen-bond donors (Lipinski definition) is 8.